The Labute approximate surface area is 98.2 Å². The third kappa shape index (κ3) is 3.24. The van der Waals surface area contributed by atoms with Crippen molar-refractivity contribution >= 4 is 0 Å². The van der Waals surface area contributed by atoms with Crippen LogP contribution in [0.1, 0.15) is 24.8 Å². The molecule has 0 aromatic heterocycles. The monoisotopic (exact) mass is 219 g/mol. The minimum atomic E-state index is 0.969. The van der Waals surface area contributed by atoms with E-state index in [0.717, 1.165) is 12.2 Å². The molecule has 88 valence electrons. The van der Waals surface area contributed by atoms with E-state index in [1.165, 1.54) is 44.5 Å². The van der Waals surface area contributed by atoms with Gasteiger partial charge in [-0.1, -0.05) is 18.6 Å². The second-order valence-electron chi connectivity index (χ2n) is 4.50. The Hall–Kier alpha value is -1.02. The van der Waals surface area contributed by atoms with Gasteiger partial charge in [0, 0.05) is 6.54 Å². The van der Waals surface area contributed by atoms with Crippen molar-refractivity contribution in [3.63, 3.8) is 0 Å². The summed E-state index contributed by atoms with van der Waals surface area (Å²) >= 11 is 0. The fraction of sp³-hybridized carbons (Fsp3) is 0.571. The lowest BCUT2D eigenvalue weighted by Gasteiger charge is -2.26. The van der Waals surface area contributed by atoms with Crippen LogP contribution in [0.4, 0.5) is 0 Å². The van der Waals surface area contributed by atoms with Crippen molar-refractivity contribution in [2.75, 3.05) is 26.7 Å². The molecule has 1 heterocycles. The van der Waals surface area contributed by atoms with Gasteiger partial charge in [-0.25, -0.2) is 0 Å². The molecule has 16 heavy (non-hydrogen) atoms. The minimum absolute atomic E-state index is 0.969. The maximum atomic E-state index is 5.23. The van der Waals surface area contributed by atoms with E-state index in [1.807, 2.05) is 6.07 Å². The molecule has 1 aliphatic heterocycles. The van der Waals surface area contributed by atoms with Crippen LogP contribution in [0.25, 0.3) is 0 Å². The highest BCUT2D eigenvalue weighted by Crippen LogP contribution is 2.14. The predicted molar refractivity (Wildman–Crippen MR) is 67.0 cm³/mol. The Balaban J connectivity index is 1.83. The van der Waals surface area contributed by atoms with Crippen LogP contribution in [0.15, 0.2) is 24.3 Å². The predicted octanol–water partition coefficient (Wildman–Crippen LogP) is 2.72. The largest absolute Gasteiger partial charge is 0.497 e. The number of piperidine rings is 1. The first-order chi connectivity index (χ1) is 7.88. The molecular weight excluding hydrogens is 198 g/mol. The Kier molecular flexibility index (Phi) is 4.23. The summed E-state index contributed by atoms with van der Waals surface area (Å²) in [5.74, 6) is 0.969. The second-order valence-corrected chi connectivity index (χ2v) is 4.50. The number of benzene rings is 1. The SMILES string of the molecule is COc1cccc(CCN2CCCCC2)c1. The van der Waals surface area contributed by atoms with Gasteiger partial charge in [-0.3, -0.25) is 0 Å². The highest BCUT2D eigenvalue weighted by Gasteiger charge is 2.09. The Morgan fingerprint density at radius 2 is 2.00 bits per heavy atom. The first kappa shape index (κ1) is 11.5. The van der Waals surface area contributed by atoms with E-state index in [0.29, 0.717) is 0 Å². The highest BCUT2D eigenvalue weighted by atomic mass is 16.5. The summed E-state index contributed by atoms with van der Waals surface area (Å²) in [7, 11) is 1.73. The van der Waals surface area contributed by atoms with Crippen LogP contribution in [-0.4, -0.2) is 31.6 Å². The number of likely N-dealkylation sites (tertiary alicyclic amines) is 1. The van der Waals surface area contributed by atoms with Gasteiger partial charge in [0.25, 0.3) is 0 Å². The maximum absolute atomic E-state index is 5.23. The summed E-state index contributed by atoms with van der Waals surface area (Å²) in [4.78, 5) is 2.57. The number of ether oxygens (including phenoxy) is 1. The summed E-state index contributed by atoms with van der Waals surface area (Å²) < 4.78 is 5.23. The molecule has 0 bridgehead atoms. The van der Waals surface area contributed by atoms with Crippen molar-refractivity contribution in [2.24, 2.45) is 0 Å². The molecular formula is C14H21NO. The molecule has 0 amide bonds. The standard InChI is InChI=1S/C14H21NO/c1-16-14-7-5-6-13(12-14)8-11-15-9-3-2-4-10-15/h5-7,12H,2-4,8-11H2,1H3. The molecule has 1 aliphatic rings. The smallest absolute Gasteiger partial charge is 0.119 e. The zero-order valence-corrected chi connectivity index (χ0v) is 10.1. The number of nitrogens with zero attached hydrogens (tertiary/aromatic N) is 1. The number of hydrogen-bond acceptors (Lipinski definition) is 2. The zero-order valence-electron chi connectivity index (χ0n) is 10.1. The fourth-order valence-electron chi connectivity index (χ4n) is 2.30. The van der Waals surface area contributed by atoms with Crippen molar-refractivity contribution < 1.29 is 4.74 Å². The topological polar surface area (TPSA) is 12.5 Å². The number of hydrogen-bond donors (Lipinski definition) is 0. The Bertz CT molecular complexity index is 318. The van der Waals surface area contributed by atoms with Gasteiger partial charge in [-0.15, -0.1) is 0 Å². The molecule has 0 atom stereocenters. The van der Waals surface area contributed by atoms with Crippen molar-refractivity contribution in [2.45, 2.75) is 25.7 Å². The van der Waals surface area contributed by atoms with Gasteiger partial charge in [0.05, 0.1) is 7.11 Å². The fourth-order valence-corrected chi connectivity index (χ4v) is 2.30. The van der Waals surface area contributed by atoms with Gasteiger partial charge in [0.15, 0.2) is 0 Å². The first-order valence-corrected chi connectivity index (χ1v) is 6.24. The molecule has 0 unspecified atom stereocenters. The zero-order chi connectivity index (χ0) is 11.2. The van der Waals surface area contributed by atoms with Gasteiger partial charge in [0.1, 0.15) is 5.75 Å². The molecule has 2 nitrogen and oxygen atoms in total. The van der Waals surface area contributed by atoms with Crippen LogP contribution in [0.3, 0.4) is 0 Å². The molecule has 1 saturated heterocycles. The summed E-state index contributed by atoms with van der Waals surface area (Å²) in [5.41, 5.74) is 1.38. The third-order valence-electron chi connectivity index (χ3n) is 3.30. The molecule has 0 aliphatic carbocycles. The van der Waals surface area contributed by atoms with Crippen molar-refractivity contribution in [3.8, 4) is 5.75 Å². The normalized spacial score (nSPS) is 17.3. The lowest BCUT2D eigenvalue weighted by Crippen LogP contribution is -2.31. The van der Waals surface area contributed by atoms with Crippen LogP contribution in [-0.2, 0) is 6.42 Å². The van der Waals surface area contributed by atoms with E-state index in [9.17, 15) is 0 Å². The van der Waals surface area contributed by atoms with Crippen molar-refractivity contribution in [1.29, 1.82) is 0 Å². The average molecular weight is 219 g/mol. The first-order valence-electron chi connectivity index (χ1n) is 6.24. The highest BCUT2D eigenvalue weighted by molar-refractivity contribution is 5.28. The lowest BCUT2D eigenvalue weighted by molar-refractivity contribution is 0.231. The van der Waals surface area contributed by atoms with Crippen LogP contribution < -0.4 is 4.74 Å². The van der Waals surface area contributed by atoms with E-state index >= 15 is 0 Å². The molecule has 0 saturated carbocycles. The van der Waals surface area contributed by atoms with E-state index < -0.39 is 0 Å². The Morgan fingerprint density at radius 3 is 2.75 bits per heavy atom. The second kappa shape index (κ2) is 5.90. The summed E-state index contributed by atoms with van der Waals surface area (Å²) in [6.07, 6.45) is 5.29. The van der Waals surface area contributed by atoms with Crippen molar-refractivity contribution in [3.05, 3.63) is 29.8 Å². The number of rotatable bonds is 4. The van der Waals surface area contributed by atoms with Crippen molar-refractivity contribution in [1.82, 2.24) is 4.90 Å². The van der Waals surface area contributed by atoms with Gasteiger partial charge < -0.3 is 9.64 Å². The summed E-state index contributed by atoms with van der Waals surface area (Å²) in [6.45, 7) is 3.75. The number of methoxy groups -OCH3 is 1. The maximum Gasteiger partial charge on any atom is 0.119 e. The summed E-state index contributed by atoms with van der Waals surface area (Å²) in [5, 5.41) is 0. The molecule has 0 radical (unpaired) electrons. The van der Waals surface area contributed by atoms with E-state index in [2.05, 4.69) is 23.1 Å². The van der Waals surface area contributed by atoms with Gasteiger partial charge in [-0.05, 0) is 50.0 Å². The Morgan fingerprint density at radius 1 is 1.19 bits per heavy atom. The van der Waals surface area contributed by atoms with Crippen LogP contribution in [0.5, 0.6) is 5.75 Å². The van der Waals surface area contributed by atoms with Gasteiger partial charge >= 0.3 is 0 Å². The molecule has 2 rings (SSSR count). The van der Waals surface area contributed by atoms with Crippen LogP contribution in [0.2, 0.25) is 0 Å². The molecule has 2 heteroatoms. The molecule has 1 aromatic rings. The lowest BCUT2D eigenvalue weighted by atomic mass is 10.1. The molecule has 0 N–H and O–H groups in total. The van der Waals surface area contributed by atoms with E-state index in [-0.39, 0.29) is 0 Å². The van der Waals surface area contributed by atoms with Crippen LogP contribution in [0, 0.1) is 0 Å². The molecule has 1 fully saturated rings. The quantitative estimate of drug-likeness (QED) is 0.772. The van der Waals surface area contributed by atoms with E-state index in [4.69, 9.17) is 4.74 Å². The van der Waals surface area contributed by atoms with Crippen LogP contribution >= 0.6 is 0 Å². The molecule has 1 aromatic carbocycles. The minimum Gasteiger partial charge on any atom is -0.497 e. The third-order valence-corrected chi connectivity index (χ3v) is 3.30. The van der Waals surface area contributed by atoms with E-state index in [1.54, 1.807) is 7.11 Å². The average Bonchev–Trinajstić information content (AvgIpc) is 2.38. The van der Waals surface area contributed by atoms with Gasteiger partial charge in [0.2, 0.25) is 0 Å². The van der Waals surface area contributed by atoms with Gasteiger partial charge in [-0.2, -0.15) is 0 Å². The molecule has 0 spiro atoms. The summed E-state index contributed by atoms with van der Waals surface area (Å²) in [6, 6.07) is 8.41.